The maximum atomic E-state index is 6.23. The second-order valence-electron chi connectivity index (χ2n) is 6.09. The maximum absolute atomic E-state index is 6.23. The fourth-order valence-electron chi connectivity index (χ4n) is 2.94. The van der Waals surface area contributed by atoms with Crippen LogP contribution in [0.2, 0.25) is 0 Å². The molecule has 1 heterocycles. The molecule has 0 bridgehead atoms. The zero-order chi connectivity index (χ0) is 17.5. The van der Waals surface area contributed by atoms with Gasteiger partial charge in [-0.25, -0.2) is 0 Å². The summed E-state index contributed by atoms with van der Waals surface area (Å²) in [5.41, 5.74) is 2.22. The highest BCUT2D eigenvalue weighted by Crippen LogP contribution is 2.33. The van der Waals surface area contributed by atoms with Crippen LogP contribution < -0.4 is 0 Å². The highest BCUT2D eigenvalue weighted by Gasteiger charge is 2.19. The summed E-state index contributed by atoms with van der Waals surface area (Å²) in [5.74, 6) is 2.13. The van der Waals surface area contributed by atoms with E-state index in [-0.39, 0.29) is 5.92 Å². The van der Waals surface area contributed by atoms with E-state index in [0.717, 1.165) is 42.2 Å². The zero-order valence-corrected chi connectivity index (χ0v) is 15.0. The monoisotopic (exact) mass is 331 g/mol. The lowest BCUT2D eigenvalue weighted by molar-refractivity contribution is 0.350. The van der Waals surface area contributed by atoms with E-state index in [4.69, 9.17) is 4.74 Å². The largest absolute Gasteiger partial charge is 0.457 e. The molecule has 0 amide bonds. The smallest absolute Gasteiger partial charge is 0.131 e. The summed E-state index contributed by atoms with van der Waals surface area (Å²) in [6.45, 7) is 9.83. The van der Waals surface area contributed by atoms with Gasteiger partial charge in [0, 0.05) is 17.0 Å². The van der Waals surface area contributed by atoms with Crippen molar-refractivity contribution in [2.45, 2.75) is 20.3 Å². The quantitative estimate of drug-likeness (QED) is 0.622. The van der Waals surface area contributed by atoms with Crippen molar-refractivity contribution in [3.63, 3.8) is 0 Å². The van der Waals surface area contributed by atoms with Crippen LogP contribution in [0.15, 0.2) is 72.8 Å². The Labute approximate surface area is 151 Å². The fourth-order valence-corrected chi connectivity index (χ4v) is 2.94. The number of rotatable bonds is 7. The molecule has 0 fully saturated rings. The highest BCUT2D eigenvalue weighted by atomic mass is 16.5. The molecule has 0 unspecified atom stereocenters. The van der Waals surface area contributed by atoms with Crippen molar-refractivity contribution >= 4 is 11.5 Å². The van der Waals surface area contributed by atoms with Crippen LogP contribution >= 0.6 is 0 Å². The number of ether oxygens (including phenoxy) is 1. The van der Waals surface area contributed by atoms with Gasteiger partial charge >= 0.3 is 0 Å². The third-order valence-electron chi connectivity index (χ3n) is 4.38. The second-order valence-corrected chi connectivity index (χ2v) is 6.09. The predicted molar refractivity (Wildman–Crippen MR) is 104 cm³/mol. The van der Waals surface area contributed by atoms with Crippen LogP contribution in [0.4, 0.5) is 0 Å². The molecule has 0 saturated carbocycles. The Hall–Kier alpha value is -2.32. The minimum Gasteiger partial charge on any atom is -0.457 e. The zero-order valence-electron chi connectivity index (χ0n) is 15.0. The Bertz CT molecular complexity index is 659. The first-order valence-electron chi connectivity index (χ1n) is 9.01. The van der Waals surface area contributed by atoms with Crippen LogP contribution in [0.1, 0.15) is 31.4 Å². The summed E-state index contributed by atoms with van der Waals surface area (Å²) in [7, 11) is 0. The Morgan fingerprint density at radius 3 is 1.72 bits per heavy atom. The first-order valence-corrected chi connectivity index (χ1v) is 9.01. The molecule has 2 aromatic rings. The minimum absolute atomic E-state index is 0.278. The first-order chi connectivity index (χ1) is 12.3. The standard InChI is InChI=1S/C23H25NO/c1-3-24(4-2)16-15-19-17-22(20-11-7-5-8-12-20)25-23(18-19)21-13-9-6-10-14-21/h5-14,17-19H,3-4,15H2,1-2H3. The summed E-state index contributed by atoms with van der Waals surface area (Å²) < 4.78 is 6.23. The molecule has 0 saturated heterocycles. The van der Waals surface area contributed by atoms with Gasteiger partial charge in [-0.1, -0.05) is 74.5 Å². The molecular weight excluding hydrogens is 306 g/mol. The summed E-state index contributed by atoms with van der Waals surface area (Å²) in [6, 6.07) is 20.6. The fraction of sp³-hybridized carbons (Fsp3) is 0.261. The van der Waals surface area contributed by atoms with Gasteiger partial charge in [-0.05, 0) is 31.7 Å². The molecule has 2 nitrogen and oxygen atoms in total. The summed E-state index contributed by atoms with van der Waals surface area (Å²) in [6.07, 6.45) is 5.27. The number of nitrogens with zero attached hydrogens (tertiary/aromatic N) is 1. The third kappa shape index (κ3) is 4.61. The first kappa shape index (κ1) is 17.5. The highest BCUT2D eigenvalue weighted by molar-refractivity contribution is 5.73. The Morgan fingerprint density at radius 1 is 0.800 bits per heavy atom. The maximum Gasteiger partial charge on any atom is 0.131 e. The summed E-state index contributed by atoms with van der Waals surface area (Å²) in [4.78, 5) is 2.22. The number of hydrogen-bond acceptors (Lipinski definition) is 2. The molecule has 2 heteroatoms. The van der Waals surface area contributed by atoms with Crippen LogP contribution in [0.5, 0.6) is 0 Å². The minimum atomic E-state index is 0.278. The summed E-state index contributed by atoms with van der Waals surface area (Å²) >= 11 is 0. The van der Waals surface area contributed by atoms with Crippen molar-refractivity contribution in [3.8, 4) is 0 Å². The number of hydrogen-bond donors (Lipinski definition) is 0. The molecule has 1 aliphatic rings. The van der Waals surface area contributed by atoms with E-state index in [0.29, 0.717) is 0 Å². The molecule has 3 rings (SSSR count). The van der Waals surface area contributed by atoms with Crippen molar-refractivity contribution < 1.29 is 4.74 Å². The topological polar surface area (TPSA) is 12.5 Å². The van der Waals surface area contributed by atoms with Crippen LogP contribution in [0.25, 0.3) is 11.5 Å². The van der Waals surface area contributed by atoms with Gasteiger partial charge in [0.2, 0.25) is 0 Å². The number of allylic oxidation sites excluding steroid dienone is 2. The van der Waals surface area contributed by atoms with Gasteiger partial charge in [0.25, 0.3) is 0 Å². The Kier molecular flexibility index (Phi) is 6.08. The lowest BCUT2D eigenvalue weighted by atomic mass is 9.97. The summed E-state index contributed by atoms with van der Waals surface area (Å²) in [5, 5.41) is 0. The molecule has 0 aromatic heterocycles. The van der Waals surface area contributed by atoms with Gasteiger partial charge in [-0.3, -0.25) is 4.90 Å². The van der Waals surface area contributed by atoms with E-state index >= 15 is 0 Å². The van der Waals surface area contributed by atoms with Crippen LogP contribution in [-0.2, 0) is 4.74 Å². The van der Waals surface area contributed by atoms with Crippen molar-refractivity contribution in [2.75, 3.05) is 13.1 Å². The lowest BCUT2D eigenvalue weighted by Crippen LogP contribution is -2.21. The Morgan fingerprint density at radius 2 is 1.28 bits per heavy atom. The molecule has 2 aromatic carbocycles. The average molecular weight is 331 g/mol. The molecule has 0 N–H and O–H groups in total. The molecule has 0 aliphatic carbocycles. The molecule has 0 spiro atoms. The van der Waals surface area contributed by atoms with Crippen molar-refractivity contribution in [3.05, 3.63) is 90.5 Å². The van der Waals surface area contributed by atoms with Gasteiger partial charge in [0.1, 0.15) is 11.5 Å². The second kappa shape index (κ2) is 8.68. The van der Waals surface area contributed by atoms with Gasteiger partial charge in [-0.2, -0.15) is 0 Å². The van der Waals surface area contributed by atoms with Crippen LogP contribution in [0.3, 0.4) is 0 Å². The van der Waals surface area contributed by atoms with Crippen LogP contribution in [0, 0.1) is 12.5 Å². The van der Waals surface area contributed by atoms with Crippen molar-refractivity contribution in [2.24, 2.45) is 5.92 Å². The van der Waals surface area contributed by atoms with E-state index in [1.165, 1.54) is 0 Å². The molecule has 0 atom stereocenters. The van der Waals surface area contributed by atoms with E-state index in [2.05, 4.69) is 61.7 Å². The Balaban J connectivity index is 1.84. The average Bonchev–Trinajstić information content (AvgIpc) is 2.70. The van der Waals surface area contributed by atoms with Gasteiger partial charge < -0.3 is 4.74 Å². The molecule has 25 heavy (non-hydrogen) atoms. The van der Waals surface area contributed by atoms with Gasteiger partial charge in [-0.15, -0.1) is 0 Å². The van der Waals surface area contributed by atoms with E-state index in [1.54, 1.807) is 0 Å². The van der Waals surface area contributed by atoms with E-state index < -0.39 is 0 Å². The molecular formula is C23H25NO. The molecule has 128 valence electrons. The van der Waals surface area contributed by atoms with Crippen molar-refractivity contribution in [1.82, 2.24) is 4.90 Å². The molecule has 1 aliphatic heterocycles. The third-order valence-corrected chi connectivity index (χ3v) is 4.38. The lowest BCUT2D eigenvalue weighted by Gasteiger charge is -2.24. The normalized spacial score (nSPS) is 14.8. The predicted octanol–water partition coefficient (Wildman–Crippen LogP) is 5.49. The van der Waals surface area contributed by atoms with Gasteiger partial charge in [0.05, 0.1) is 6.54 Å². The van der Waals surface area contributed by atoms with Crippen LogP contribution in [-0.4, -0.2) is 18.0 Å². The van der Waals surface area contributed by atoms with Crippen molar-refractivity contribution in [1.29, 1.82) is 0 Å². The van der Waals surface area contributed by atoms with Gasteiger partial charge in [0.15, 0.2) is 0 Å². The molecule has 2 radical (unpaired) electrons. The SMILES string of the molecule is CCN([C]CC1C=C(c2ccccc2)OC(c2ccccc2)=C1)CC. The number of benzene rings is 2. The van der Waals surface area contributed by atoms with E-state index in [9.17, 15) is 0 Å². The van der Waals surface area contributed by atoms with E-state index in [1.807, 2.05) is 36.4 Å².